The summed E-state index contributed by atoms with van der Waals surface area (Å²) in [5.74, 6) is -0.0756. The first-order valence-electron chi connectivity index (χ1n) is 6.99. The lowest BCUT2D eigenvalue weighted by Gasteiger charge is -2.09. The van der Waals surface area contributed by atoms with Gasteiger partial charge in [-0.1, -0.05) is 6.07 Å². The monoisotopic (exact) mass is 286 g/mol. The summed E-state index contributed by atoms with van der Waals surface area (Å²) in [6.45, 7) is 8.14. The van der Waals surface area contributed by atoms with E-state index in [2.05, 4.69) is 21.8 Å². The summed E-state index contributed by atoms with van der Waals surface area (Å²) in [6, 6.07) is 6.16. The lowest BCUT2D eigenvalue weighted by atomic mass is 10.1. The molecule has 0 aliphatic rings. The third kappa shape index (κ3) is 3.62. The first-order chi connectivity index (χ1) is 9.86. The van der Waals surface area contributed by atoms with Crippen molar-refractivity contribution in [2.75, 3.05) is 17.2 Å². The number of carbonyl (C=O) groups excluding carboxylic acids is 1. The average Bonchev–Trinajstić information content (AvgIpc) is 2.62. The van der Waals surface area contributed by atoms with Crippen LogP contribution in [0.25, 0.3) is 0 Å². The molecule has 1 heterocycles. The number of nitrogens with zero attached hydrogens (tertiary/aromatic N) is 2. The Kier molecular flexibility index (Phi) is 4.31. The van der Waals surface area contributed by atoms with E-state index in [4.69, 9.17) is 0 Å². The fourth-order valence-electron chi connectivity index (χ4n) is 2.40. The first kappa shape index (κ1) is 15.1. The van der Waals surface area contributed by atoms with Crippen molar-refractivity contribution in [2.45, 2.75) is 27.7 Å². The molecule has 2 N–H and O–H groups in total. The molecule has 0 bridgehead atoms. The number of nitrogens with one attached hydrogen (secondary N) is 2. The summed E-state index contributed by atoms with van der Waals surface area (Å²) < 4.78 is 1.77. The molecular formula is C16H22N4O. The quantitative estimate of drug-likeness (QED) is 0.908. The standard InChI is InChI=1S/C16H22N4O/c1-10-6-11(2)8-14(7-10)17-9-15(21)18-16-12(3)19-20(5)13(16)4/h6-8,17H,9H2,1-5H3,(H,18,21). The highest BCUT2D eigenvalue weighted by molar-refractivity contribution is 5.94. The van der Waals surface area contributed by atoms with Crippen LogP contribution in [0.3, 0.4) is 0 Å². The number of benzene rings is 1. The van der Waals surface area contributed by atoms with Crippen molar-refractivity contribution in [3.05, 3.63) is 40.7 Å². The zero-order valence-electron chi connectivity index (χ0n) is 13.2. The maximum atomic E-state index is 12.1. The summed E-state index contributed by atoms with van der Waals surface area (Å²) in [5.41, 5.74) is 5.89. The second-order valence-corrected chi connectivity index (χ2v) is 5.45. The SMILES string of the molecule is Cc1cc(C)cc(NCC(=O)Nc2c(C)nn(C)c2C)c1. The van der Waals surface area contributed by atoms with E-state index in [0.29, 0.717) is 0 Å². The Bertz CT molecular complexity index is 653. The van der Waals surface area contributed by atoms with E-state index in [1.54, 1.807) is 4.68 Å². The van der Waals surface area contributed by atoms with Gasteiger partial charge in [0.15, 0.2) is 0 Å². The minimum atomic E-state index is -0.0756. The van der Waals surface area contributed by atoms with Crippen molar-refractivity contribution < 1.29 is 4.79 Å². The molecule has 0 unspecified atom stereocenters. The second-order valence-electron chi connectivity index (χ2n) is 5.45. The number of aromatic nitrogens is 2. The molecule has 21 heavy (non-hydrogen) atoms. The molecule has 0 aliphatic heterocycles. The van der Waals surface area contributed by atoms with Crippen LogP contribution >= 0.6 is 0 Å². The molecule has 0 saturated heterocycles. The van der Waals surface area contributed by atoms with Gasteiger partial charge in [0.05, 0.1) is 23.6 Å². The van der Waals surface area contributed by atoms with Gasteiger partial charge in [-0.15, -0.1) is 0 Å². The fraction of sp³-hybridized carbons (Fsp3) is 0.375. The van der Waals surface area contributed by atoms with E-state index in [1.165, 1.54) is 11.1 Å². The van der Waals surface area contributed by atoms with Crippen molar-refractivity contribution in [3.63, 3.8) is 0 Å². The number of hydrogen-bond acceptors (Lipinski definition) is 3. The van der Waals surface area contributed by atoms with Gasteiger partial charge < -0.3 is 10.6 Å². The molecule has 112 valence electrons. The predicted octanol–water partition coefficient (Wildman–Crippen LogP) is 2.70. The van der Waals surface area contributed by atoms with Crippen LogP contribution in [0.5, 0.6) is 0 Å². The molecule has 5 nitrogen and oxygen atoms in total. The summed E-state index contributed by atoms with van der Waals surface area (Å²) >= 11 is 0. The highest BCUT2D eigenvalue weighted by atomic mass is 16.1. The van der Waals surface area contributed by atoms with Gasteiger partial charge in [-0.3, -0.25) is 9.48 Å². The van der Waals surface area contributed by atoms with Crippen LogP contribution in [0.4, 0.5) is 11.4 Å². The Hall–Kier alpha value is -2.30. The second kappa shape index (κ2) is 5.99. The smallest absolute Gasteiger partial charge is 0.243 e. The van der Waals surface area contributed by atoms with Gasteiger partial charge in [-0.2, -0.15) is 5.10 Å². The number of anilines is 2. The van der Waals surface area contributed by atoms with Crippen molar-refractivity contribution >= 4 is 17.3 Å². The van der Waals surface area contributed by atoms with Gasteiger partial charge in [0, 0.05) is 12.7 Å². The number of rotatable bonds is 4. The van der Waals surface area contributed by atoms with Gasteiger partial charge in [-0.25, -0.2) is 0 Å². The molecule has 2 aromatic rings. The van der Waals surface area contributed by atoms with Gasteiger partial charge in [0.2, 0.25) is 5.91 Å². The Morgan fingerprint density at radius 1 is 1.14 bits per heavy atom. The van der Waals surface area contributed by atoms with Crippen LogP contribution in [0.1, 0.15) is 22.5 Å². The maximum Gasteiger partial charge on any atom is 0.243 e. The predicted molar refractivity (Wildman–Crippen MR) is 85.7 cm³/mol. The van der Waals surface area contributed by atoms with Crippen LogP contribution in [-0.2, 0) is 11.8 Å². The average molecular weight is 286 g/mol. The largest absolute Gasteiger partial charge is 0.376 e. The normalized spacial score (nSPS) is 10.5. The molecule has 1 amide bonds. The molecule has 0 radical (unpaired) electrons. The first-order valence-corrected chi connectivity index (χ1v) is 6.99. The van der Waals surface area contributed by atoms with Crippen molar-refractivity contribution in [1.82, 2.24) is 9.78 Å². The number of hydrogen-bond donors (Lipinski definition) is 2. The van der Waals surface area contributed by atoms with Gasteiger partial charge >= 0.3 is 0 Å². The number of carbonyl (C=O) groups is 1. The van der Waals surface area contributed by atoms with Gasteiger partial charge in [0.1, 0.15) is 0 Å². The van der Waals surface area contributed by atoms with Crippen LogP contribution in [0, 0.1) is 27.7 Å². The zero-order valence-corrected chi connectivity index (χ0v) is 13.2. The summed E-state index contributed by atoms with van der Waals surface area (Å²) in [4.78, 5) is 12.1. The lowest BCUT2D eigenvalue weighted by Crippen LogP contribution is -2.22. The minimum absolute atomic E-state index is 0.0756. The molecule has 0 saturated carbocycles. The number of aryl methyl sites for hydroxylation is 4. The van der Waals surface area contributed by atoms with Crippen molar-refractivity contribution in [3.8, 4) is 0 Å². The highest BCUT2D eigenvalue weighted by Crippen LogP contribution is 2.18. The van der Waals surface area contributed by atoms with Gasteiger partial charge in [0.25, 0.3) is 0 Å². The molecule has 1 aromatic carbocycles. The third-order valence-corrected chi connectivity index (χ3v) is 3.45. The lowest BCUT2D eigenvalue weighted by molar-refractivity contribution is -0.114. The Balaban J connectivity index is 1.99. The highest BCUT2D eigenvalue weighted by Gasteiger charge is 2.12. The van der Waals surface area contributed by atoms with E-state index < -0.39 is 0 Å². The van der Waals surface area contributed by atoms with Gasteiger partial charge in [-0.05, 0) is 51.0 Å². The zero-order chi connectivity index (χ0) is 15.6. The fourth-order valence-corrected chi connectivity index (χ4v) is 2.40. The molecule has 2 rings (SSSR count). The van der Waals surface area contributed by atoms with E-state index >= 15 is 0 Å². The van der Waals surface area contributed by atoms with Crippen molar-refractivity contribution in [1.29, 1.82) is 0 Å². The Morgan fingerprint density at radius 3 is 2.29 bits per heavy atom. The van der Waals surface area contributed by atoms with E-state index in [9.17, 15) is 4.79 Å². The molecule has 0 aliphatic carbocycles. The third-order valence-electron chi connectivity index (χ3n) is 3.45. The molecule has 1 aromatic heterocycles. The van der Waals surface area contributed by atoms with E-state index in [0.717, 1.165) is 22.8 Å². The van der Waals surface area contributed by atoms with E-state index in [1.807, 2.05) is 46.9 Å². The summed E-state index contributed by atoms with van der Waals surface area (Å²) in [5, 5.41) is 10.4. The minimum Gasteiger partial charge on any atom is -0.376 e. The Labute approximate surface area is 125 Å². The van der Waals surface area contributed by atoms with Crippen LogP contribution < -0.4 is 10.6 Å². The molecule has 0 atom stereocenters. The van der Waals surface area contributed by atoms with Crippen LogP contribution in [0.15, 0.2) is 18.2 Å². The Morgan fingerprint density at radius 2 is 1.76 bits per heavy atom. The summed E-state index contributed by atoms with van der Waals surface area (Å²) in [7, 11) is 1.87. The summed E-state index contributed by atoms with van der Waals surface area (Å²) in [6.07, 6.45) is 0. The maximum absolute atomic E-state index is 12.1. The molecule has 0 fully saturated rings. The van der Waals surface area contributed by atoms with Crippen LogP contribution in [-0.4, -0.2) is 22.2 Å². The van der Waals surface area contributed by atoms with Crippen molar-refractivity contribution in [2.24, 2.45) is 7.05 Å². The molecular weight excluding hydrogens is 264 g/mol. The van der Waals surface area contributed by atoms with E-state index in [-0.39, 0.29) is 12.5 Å². The topological polar surface area (TPSA) is 59.0 Å². The van der Waals surface area contributed by atoms with Crippen LogP contribution in [0.2, 0.25) is 0 Å². The molecule has 0 spiro atoms. The molecule has 5 heteroatoms. The number of amides is 1.